The number of H-pyrrole nitrogens is 1. The van der Waals surface area contributed by atoms with Crippen LogP contribution >= 0.6 is 0 Å². The highest BCUT2D eigenvalue weighted by atomic mass is 16.5. The summed E-state index contributed by atoms with van der Waals surface area (Å²) in [5.41, 5.74) is 1.92. The second kappa shape index (κ2) is 8.87. The van der Waals surface area contributed by atoms with Crippen molar-refractivity contribution in [2.75, 3.05) is 51.3 Å². The van der Waals surface area contributed by atoms with E-state index in [0.29, 0.717) is 17.4 Å². The molecule has 160 valence electrons. The van der Waals surface area contributed by atoms with Gasteiger partial charge in [0.15, 0.2) is 5.78 Å². The fourth-order valence-electron chi connectivity index (χ4n) is 4.36. The van der Waals surface area contributed by atoms with Crippen molar-refractivity contribution in [2.45, 2.75) is 25.8 Å². The number of anilines is 1. The summed E-state index contributed by atoms with van der Waals surface area (Å²) in [5.74, 6) is 0.658. The molecule has 2 aliphatic rings. The number of carbonyl (C=O) groups is 2. The lowest BCUT2D eigenvalue weighted by Gasteiger charge is -2.43. The maximum Gasteiger partial charge on any atom is 0.271 e. The van der Waals surface area contributed by atoms with E-state index in [2.05, 4.69) is 32.1 Å². The summed E-state index contributed by atoms with van der Waals surface area (Å²) in [7, 11) is 1.68. The molecular weight excluding hydrogens is 382 g/mol. The zero-order valence-electron chi connectivity index (χ0n) is 17.6. The predicted octanol–water partition coefficient (Wildman–Crippen LogP) is 2.05. The second-order valence-corrected chi connectivity index (χ2v) is 7.99. The monoisotopic (exact) mass is 411 g/mol. The van der Waals surface area contributed by atoms with Crippen molar-refractivity contribution in [3.63, 3.8) is 0 Å². The first-order chi connectivity index (χ1) is 14.5. The van der Waals surface area contributed by atoms with E-state index >= 15 is 0 Å². The van der Waals surface area contributed by atoms with E-state index in [4.69, 9.17) is 4.74 Å². The Morgan fingerprint density at radius 1 is 1.10 bits per heavy atom. The van der Waals surface area contributed by atoms with Gasteiger partial charge in [-0.15, -0.1) is 0 Å². The molecular formula is C22H29N5O3. The van der Waals surface area contributed by atoms with Crippen molar-refractivity contribution in [3.8, 4) is 5.75 Å². The molecule has 4 rings (SSSR count). The van der Waals surface area contributed by atoms with E-state index in [0.717, 1.165) is 57.9 Å². The molecule has 0 radical (unpaired) electrons. The predicted molar refractivity (Wildman–Crippen MR) is 114 cm³/mol. The van der Waals surface area contributed by atoms with E-state index in [1.807, 2.05) is 17.0 Å². The number of carbonyl (C=O) groups excluding carboxylic acids is 2. The van der Waals surface area contributed by atoms with E-state index in [1.54, 1.807) is 13.2 Å². The number of amides is 1. The van der Waals surface area contributed by atoms with E-state index < -0.39 is 0 Å². The SMILES string of the molecule is COc1ccc(N2CCN([C@H]3CCCN(C(=O)c4cc(C(C)=O)n[nH]4)C3)CC2)cc1. The van der Waals surface area contributed by atoms with Crippen LogP contribution in [-0.2, 0) is 0 Å². The Kier molecular flexibility index (Phi) is 6.03. The summed E-state index contributed by atoms with van der Waals surface area (Å²) in [6.45, 7) is 6.82. The minimum Gasteiger partial charge on any atom is -0.497 e. The van der Waals surface area contributed by atoms with Gasteiger partial charge in [0.25, 0.3) is 5.91 Å². The number of likely N-dealkylation sites (tertiary alicyclic amines) is 1. The maximum atomic E-state index is 12.9. The van der Waals surface area contributed by atoms with E-state index in [9.17, 15) is 9.59 Å². The molecule has 0 bridgehead atoms. The maximum absolute atomic E-state index is 12.9. The molecule has 1 aromatic heterocycles. The molecule has 1 N–H and O–H groups in total. The summed E-state index contributed by atoms with van der Waals surface area (Å²) in [6.07, 6.45) is 2.09. The Morgan fingerprint density at radius 3 is 2.47 bits per heavy atom. The smallest absolute Gasteiger partial charge is 0.271 e. The van der Waals surface area contributed by atoms with Crippen molar-refractivity contribution < 1.29 is 14.3 Å². The highest BCUT2D eigenvalue weighted by Gasteiger charge is 2.31. The molecule has 2 saturated heterocycles. The Bertz CT molecular complexity index is 886. The molecule has 3 heterocycles. The first kappa shape index (κ1) is 20.4. The van der Waals surface area contributed by atoms with Crippen LogP contribution in [0.4, 0.5) is 5.69 Å². The molecule has 1 amide bonds. The minimum absolute atomic E-state index is 0.0726. The number of hydrogen-bond donors (Lipinski definition) is 1. The van der Waals surface area contributed by atoms with Crippen molar-refractivity contribution >= 4 is 17.4 Å². The number of aromatic nitrogens is 2. The molecule has 1 atom stereocenters. The number of nitrogens with zero attached hydrogens (tertiary/aromatic N) is 4. The van der Waals surface area contributed by atoms with Gasteiger partial charge in [0.05, 0.1) is 7.11 Å². The van der Waals surface area contributed by atoms with Crippen molar-refractivity contribution in [1.82, 2.24) is 20.0 Å². The van der Waals surface area contributed by atoms with Gasteiger partial charge in [-0.1, -0.05) is 0 Å². The van der Waals surface area contributed by atoms with Crippen LogP contribution in [0.15, 0.2) is 30.3 Å². The zero-order chi connectivity index (χ0) is 21.1. The van der Waals surface area contributed by atoms with Crippen LogP contribution in [0.1, 0.15) is 40.7 Å². The average Bonchev–Trinajstić information content (AvgIpc) is 3.30. The van der Waals surface area contributed by atoms with Crippen LogP contribution in [0, 0.1) is 0 Å². The third kappa shape index (κ3) is 4.33. The molecule has 8 nitrogen and oxygen atoms in total. The van der Waals surface area contributed by atoms with Gasteiger partial charge in [0.2, 0.25) is 0 Å². The lowest BCUT2D eigenvalue weighted by Crippen LogP contribution is -2.55. The van der Waals surface area contributed by atoms with Crippen LogP contribution in [-0.4, -0.2) is 84.1 Å². The van der Waals surface area contributed by atoms with Gasteiger partial charge in [-0.2, -0.15) is 5.10 Å². The van der Waals surface area contributed by atoms with Gasteiger partial charge in [0, 0.05) is 57.9 Å². The van der Waals surface area contributed by atoms with Crippen LogP contribution in [0.5, 0.6) is 5.75 Å². The Labute approximate surface area is 176 Å². The van der Waals surface area contributed by atoms with E-state index in [1.165, 1.54) is 12.6 Å². The fourth-order valence-corrected chi connectivity index (χ4v) is 4.36. The normalized spacial score (nSPS) is 20.3. The average molecular weight is 412 g/mol. The number of nitrogens with one attached hydrogen (secondary N) is 1. The molecule has 2 aromatic rings. The first-order valence-electron chi connectivity index (χ1n) is 10.5. The first-order valence-corrected chi connectivity index (χ1v) is 10.5. The summed E-state index contributed by atoms with van der Waals surface area (Å²) in [5, 5.41) is 6.66. The molecule has 0 spiro atoms. The third-order valence-electron chi connectivity index (χ3n) is 6.12. The number of ketones is 1. The largest absolute Gasteiger partial charge is 0.497 e. The molecule has 8 heteroatoms. The van der Waals surface area contributed by atoms with Crippen LogP contribution in [0.3, 0.4) is 0 Å². The number of piperazine rings is 1. The number of piperidine rings is 1. The van der Waals surface area contributed by atoms with Gasteiger partial charge in [-0.25, -0.2) is 0 Å². The summed E-state index contributed by atoms with van der Waals surface area (Å²) < 4.78 is 5.25. The number of methoxy groups -OCH3 is 1. The number of benzene rings is 1. The van der Waals surface area contributed by atoms with Crippen LogP contribution in [0.2, 0.25) is 0 Å². The number of aromatic amines is 1. The third-order valence-corrected chi connectivity index (χ3v) is 6.12. The molecule has 0 unspecified atom stereocenters. The summed E-state index contributed by atoms with van der Waals surface area (Å²) >= 11 is 0. The topological polar surface area (TPSA) is 81.8 Å². The standard InChI is InChI=1S/C22H29N5O3/c1-16(28)20-14-21(24-23-20)22(29)27-9-3-4-18(15-27)26-12-10-25(11-13-26)17-5-7-19(30-2)8-6-17/h5-8,14,18H,3-4,9-13,15H2,1-2H3,(H,23,24)/t18-/m0/s1. The summed E-state index contributed by atoms with van der Waals surface area (Å²) in [6, 6.07) is 10.1. The van der Waals surface area contributed by atoms with Gasteiger partial charge in [-0.05, 0) is 43.2 Å². The molecule has 30 heavy (non-hydrogen) atoms. The van der Waals surface area contributed by atoms with Gasteiger partial charge < -0.3 is 14.5 Å². The molecule has 1 aromatic carbocycles. The Balaban J connectivity index is 1.33. The van der Waals surface area contributed by atoms with Crippen LogP contribution < -0.4 is 9.64 Å². The quantitative estimate of drug-likeness (QED) is 0.759. The summed E-state index contributed by atoms with van der Waals surface area (Å²) in [4.78, 5) is 31.1. The fraction of sp³-hybridized carbons (Fsp3) is 0.500. The van der Waals surface area contributed by atoms with Crippen molar-refractivity contribution in [1.29, 1.82) is 0 Å². The van der Waals surface area contributed by atoms with Crippen LogP contribution in [0.25, 0.3) is 0 Å². The lowest BCUT2D eigenvalue weighted by molar-refractivity contribution is 0.0558. The Hall–Kier alpha value is -2.87. The lowest BCUT2D eigenvalue weighted by atomic mass is 10.0. The number of hydrogen-bond acceptors (Lipinski definition) is 6. The van der Waals surface area contributed by atoms with Crippen molar-refractivity contribution in [2.24, 2.45) is 0 Å². The van der Waals surface area contributed by atoms with Gasteiger partial charge in [0.1, 0.15) is 17.1 Å². The zero-order valence-corrected chi connectivity index (χ0v) is 17.6. The highest BCUT2D eigenvalue weighted by Crippen LogP contribution is 2.23. The number of Topliss-reactive ketones (excluding diaryl/α,β-unsaturated/α-hetero) is 1. The molecule has 0 aliphatic carbocycles. The molecule has 0 saturated carbocycles. The highest BCUT2D eigenvalue weighted by molar-refractivity contribution is 5.97. The number of ether oxygens (including phenoxy) is 1. The second-order valence-electron chi connectivity index (χ2n) is 7.99. The van der Waals surface area contributed by atoms with E-state index in [-0.39, 0.29) is 11.7 Å². The number of rotatable bonds is 5. The van der Waals surface area contributed by atoms with Gasteiger partial charge >= 0.3 is 0 Å². The molecule has 2 aliphatic heterocycles. The Morgan fingerprint density at radius 2 is 1.83 bits per heavy atom. The minimum atomic E-state index is -0.142. The van der Waals surface area contributed by atoms with Crippen molar-refractivity contribution in [3.05, 3.63) is 41.7 Å². The van der Waals surface area contributed by atoms with Gasteiger partial charge in [-0.3, -0.25) is 19.6 Å². The molecule has 2 fully saturated rings.